The van der Waals surface area contributed by atoms with E-state index in [-0.39, 0.29) is 11.4 Å². The highest BCUT2D eigenvalue weighted by Crippen LogP contribution is 2.18. The highest BCUT2D eigenvalue weighted by atomic mass is 32.1. The molecule has 1 aliphatic rings. The molecule has 0 bridgehead atoms. The summed E-state index contributed by atoms with van der Waals surface area (Å²) in [5.41, 5.74) is 1.45. The summed E-state index contributed by atoms with van der Waals surface area (Å²) in [7, 11) is 0. The zero-order valence-corrected chi connectivity index (χ0v) is 18.6. The summed E-state index contributed by atoms with van der Waals surface area (Å²) in [6.45, 7) is 0.748. The molecule has 0 unspecified atom stereocenters. The zero-order chi connectivity index (χ0) is 22.8. The van der Waals surface area contributed by atoms with E-state index in [0.717, 1.165) is 38.1 Å². The van der Waals surface area contributed by atoms with Crippen LogP contribution in [0.2, 0.25) is 0 Å². The van der Waals surface area contributed by atoms with Crippen molar-refractivity contribution in [1.82, 2.24) is 19.3 Å². The van der Waals surface area contributed by atoms with Crippen LogP contribution in [0.5, 0.6) is 0 Å². The van der Waals surface area contributed by atoms with E-state index in [1.165, 1.54) is 23.5 Å². The Bertz CT molecular complexity index is 1520. The molecule has 3 heterocycles. The van der Waals surface area contributed by atoms with E-state index in [2.05, 4.69) is 16.3 Å². The minimum Gasteiger partial charge on any atom is -0.310 e. The maximum absolute atomic E-state index is 13.5. The maximum atomic E-state index is 13.5. The summed E-state index contributed by atoms with van der Waals surface area (Å²) in [4.78, 5) is 13.5. The first-order valence-electron chi connectivity index (χ1n) is 10.8. The highest BCUT2D eigenvalue weighted by Gasteiger charge is 2.21. The van der Waals surface area contributed by atoms with Gasteiger partial charge in [-0.15, -0.1) is 21.5 Å². The first-order chi connectivity index (χ1) is 16.2. The van der Waals surface area contributed by atoms with Gasteiger partial charge in [-0.3, -0.25) is 9.36 Å². The van der Waals surface area contributed by atoms with Gasteiger partial charge in [0.15, 0.2) is 5.82 Å². The Morgan fingerprint density at radius 3 is 2.61 bits per heavy atom. The molecule has 0 atom stereocenters. The van der Waals surface area contributed by atoms with E-state index < -0.39 is 0 Å². The fourth-order valence-corrected chi connectivity index (χ4v) is 5.14. The van der Waals surface area contributed by atoms with Crippen LogP contribution in [0, 0.1) is 17.1 Å². The normalized spacial score (nSPS) is 15.0. The SMILES string of the molecule is N#C/C(c1nnc2n1CCCCC2)=c1/s/c(=C\c2ccc(F)cc2)c(=O)n1-c1ccccc1. The molecule has 0 N–H and O–H groups in total. The predicted molar refractivity (Wildman–Crippen MR) is 125 cm³/mol. The van der Waals surface area contributed by atoms with Gasteiger partial charge in [-0.25, -0.2) is 4.39 Å². The lowest BCUT2D eigenvalue weighted by molar-refractivity contribution is 0.627. The lowest BCUT2D eigenvalue weighted by atomic mass is 10.2. The van der Waals surface area contributed by atoms with E-state index in [1.54, 1.807) is 22.8 Å². The molecule has 6 nitrogen and oxygen atoms in total. The van der Waals surface area contributed by atoms with E-state index in [4.69, 9.17) is 0 Å². The van der Waals surface area contributed by atoms with Gasteiger partial charge in [-0.1, -0.05) is 36.8 Å². The Morgan fingerprint density at radius 1 is 1.06 bits per heavy atom. The van der Waals surface area contributed by atoms with Crippen molar-refractivity contribution in [2.75, 3.05) is 0 Å². The predicted octanol–water partition coefficient (Wildman–Crippen LogP) is 2.91. The Balaban J connectivity index is 1.82. The average molecular weight is 458 g/mol. The van der Waals surface area contributed by atoms with Gasteiger partial charge in [0, 0.05) is 13.0 Å². The van der Waals surface area contributed by atoms with Crippen molar-refractivity contribution in [2.45, 2.75) is 32.2 Å². The van der Waals surface area contributed by atoms with Crippen molar-refractivity contribution in [3.63, 3.8) is 0 Å². The summed E-state index contributed by atoms with van der Waals surface area (Å²) in [6, 6.07) is 17.5. The molecule has 0 saturated heterocycles. The van der Waals surface area contributed by atoms with Crippen molar-refractivity contribution >= 4 is 23.0 Å². The van der Waals surface area contributed by atoms with Gasteiger partial charge in [-0.05, 0) is 48.7 Å². The number of hydrogen-bond acceptors (Lipinski definition) is 5. The first kappa shape index (κ1) is 21.0. The highest BCUT2D eigenvalue weighted by molar-refractivity contribution is 7.07. The lowest BCUT2D eigenvalue weighted by Gasteiger charge is -2.07. The number of nitriles is 1. The minimum absolute atomic E-state index is 0.242. The summed E-state index contributed by atoms with van der Waals surface area (Å²) in [6.07, 6.45) is 5.69. The van der Waals surface area contributed by atoms with Crippen LogP contribution < -0.4 is 14.8 Å². The smallest absolute Gasteiger partial charge is 0.273 e. The van der Waals surface area contributed by atoms with Gasteiger partial charge in [0.25, 0.3) is 5.56 Å². The molecular formula is C25H20FN5OS. The topological polar surface area (TPSA) is 76.5 Å². The average Bonchev–Trinajstić information content (AvgIpc) is 3.27. The Hall–Kier alpha value is -3.83. The fraction of sp³-hybridized carbons (Fsp3) is 0.200. The molecule has 0 aliphatic carbocycles. The zero-order valence-electron chi connectivity index (χ0n) is 17.7. The van der Waals surface area contributed by atoms with Crippen LogP contribution in [0.1, 0.15) is 36.5 Å². The first-order valence-corrected chi connectivity index (χ1v) is 11.6. The van der Waals surface area contributed by atoms with Crippen LogP contribution in [0.15, 0.2) is 59.4 Å². The Kier molecular flexibility index (Phi) is 5.71. The van der Waals surface area contributed by atoms with Gasteiger partial charge in [0.1, 0.15) is 27.9 Å². The molecule has 5 rings (SSSR count). The van der Waals surface area contributed by atoms with E-state index >= 15 is 0 Å². The second-order valence-electron chi connectivity index (χ2n) is 7.83. The summed E-state index contributed by atoms with van der Waals surface area (Å²) >= 11 is 1.23. The third-order valence-electron chi connectivity index (χ3n) is 5.66. The van der Waals surface area contributed by atoms with Crippen LogP contribution in [0.25, 0.3) is 17.3 Å². The number of rotatable bonds is 3. The largest absolute Gasteiger partial charge is 0.310 e. The van der Waals surface area contributed by atoms with Gasteiger partial charge in [-0.2, -0.15) is 5.26 Å². The van der Waals surface area contributed by atoms with E-state index in [1.807, 2.05) is 34.9 Å². The van der Waals surface area contributed by atoms with Crippen molar-refractivity contribution < 1.29 is 4.39 Å². The Labute approximate surface area is 193 Å². The molecule has 33 heavy (non-hydrogen) atoms. The standard InChI is InChI=1S/C25H20FN5OS/c26-18-12-10-17(11-13-18)15-21-24(32)31(19-7-3-1-4-8-19)25(33-21)20(16-27)23-29-28-22-9-5-2-6-14-30(22)23/h1,3-4,7-8,10-13,15H,2,5-6,9,14H2/b21-15-,25-20-. The van der Waals surface area contributed by atoms with E-state index in [0.29, 0.717) is 31.8 Å². The van der Waals surface area contributed by atoms with Crippen molar-refractivity contribution in [3.8, 4) is 11.8 Å². The van der Waals surface area contributed by atoms with Gasteiger partial charge in [0.05, 0.1) is 10.2 Å². The number of thiazole rings is 1. The number of para-hydroxylation sites is 1. The number of aromatic nitrogens is 4. The minimum atomic E-state index is -0.340. The van der Waals surface area contributed by atoms with Gasteiger partial charge < -0.3 is 4.57 Å². The number of benzene rings is 2. The molecule has 1 aliphatic heterocycles. The fourth-order valence-electron chi connectivity index (χ4n) is 4.04. The number of halogens is 1. The van der Waals surface area contributed by atoms with Crippen molar-refractivity contribution in [1.29, 1.82) is 5.26 Å². The third kappa shape index (κ3) is 4.03. The molecule has 164 valence electrons. The van der Waals surface area contributed by atoms with Crippen LogP contribution in [0.4, 0.5) is 4.39 Å². The van der Waals surface area contributed by atoms with Gasteiger partial charge >= 0.3 is 0 Å². The second kappa shape index (κ2) is 8.96. The summed E-state index contributed by atoms with van der Waals surface area (Å²) in [5, 5.41) is 18.9. The third-order valence-corrected chi connectivity index (χ3v) is 6.76. The van der Waals surface area contributed by atoms with Crippen LogP contribution in [-0.2, 0) is 13.0 Å². The molecule has 0 radical (unpaired) electrons. The molecule has 2 aromatic carbocycles. The van der Waals surface area contributed by atoms with Crippen LogP contribution >= 0.6 is 11.3 Å². The number of aryl methyl sites for hydroxylation is 1. The molecule has 8 heteroatoms. The lowest BCUT2D eigenvalue weighted by Crippen LogP contribution is -2.31. The molecular weight excluding hydrogens is 437 g/mol. The van der Waals surface area contributed by atoms with E-state index in [9.17, 15) is 14.4 Å². The Morgan fingerprint density at radius 2 is 1.85 bits per heavy atom. The number of nitrogens with zero attached hydrogens (tertiary/aromatic N) is 5. The number of hydrogen-bond donors (Lipinski definition) is 0. The van der Waals surface area contributed by atoms with Crippen molar-refractivity contribution in [2.24, 2.45) is 0 Å². The maximum Gasteiger partial charge on any atom is 0.273 e. The molecule has 0 amide bonds. The van der Waals surface area contributed by atoms with Crippen LogP contribution in [0.3, 0.4) is 0 Å². The summed E-state index contributed by atoms with van der Waals surface area (Å²) < 4.78 is 17.8. The van der Waals surface area contributed by atoms with Crippen molar-refractivity contribution in [3.05, 3.63) is 97.2 Å². The second-order valence-corrected chi connectivity index (χ2v) is 8.86. The number of fused-ring (bicyclic) bond motifs is 1. The molecule has 0 spiro atoms. The summed E-state index contributed by atoms with van der Waals surface area (Å²) in [5.74, 6) is 1.03. The van der Waals surface area contributed by atoms with Gasteiger partial charge in [0.2, 0.25) is 0 Å². The van der Waals surface area contributed by atoms with Crippen LogP contribution in [-0.4, -0.2) is 19.3 Å². The molecule has 4 aromatic rings. The molecule has 0 saturated carbocycles. The molecule has 0 fully saturated rings. The monoisotopic (exact) mass is 457 g/mol. The molecule has 2 aromatic heterocycles. The quantitative estimate of drug-likeness (QED) is 0.474.